The van der Waals surface area contributed by atoms with Crippen LogP contribution in [0.2, 0.25) is 10.0 Å². The van der Waals surface area contributed by atoms with Crippen LogP contribution >= 0.6 is 23.2 Å². The van der Waals surface area contributed by atoms with Gasteiger partial charge in [0.1, 0.15) is 17.3 Å². The Labute approximate surface area is 197 Å². The van der Waals surface area contributed by atoms with E-state index in [9.17, 15) is 0 Å². The number of fused-ring (bicyclic) bond motifs is 1. The fourth-order valence-electron chi connectivity index (χ4n) is 3.95. The zero-order valence-corrected chi connectivity index (χ0v) is 20.3. The fraction of sp³-hybridized carbons (Fsp3) is 0.435. The molecule has 0 amide bonds. The van der Waals surface area contributed by atoms with Gasteiger partial charge in [0.25, 0.3) is 0 Å². The minimum absolute atomic E-state index is 0.133. The third kappa shape index (κ3) is 4.05. The van der Waals surface area contributed by atoms with E-state index >= 15 is 0 Å². The van der Waals surface area contributed by atoms with Crippen molar-refractivity contribution in [2.24, 2.45) is 0 Å². The third-order valence-electron chi connectivity index (χ3n) is 6.11. The van der Waals surface area contributed by atoms with Crippen LogP contribution in [0.1, 0.15) is 25.5 Å². The lowest BCUT2D eigenvalue weighted by atomic mass is 9.93. The van der Waals surface area contributed by atoms with Gasteiger partial charge >= 0.3 is 0 Å². The van der Waals surface area contributed by atoms with Crippen LogP contribution in [0.25, 0.3) is 22.3 Å². The van der Waals surface area contributed by atoms with Crippen LogP contribution in [0.4, 0.5) is 5.82 Å². The fourth-order valence-corrected chi connectivity index (χ4v) is 4.62. The van der Waals surface area contributed by atoms with E-state index < -0.39 is 0 Å². The number of ether oxygens (including phenoxy) is 3. The predicted octanol–water partition coefficient (Wildman–Crippen LogP) is 5.33. The van der Waals surface area contributed by atoms with Gasteiger partial charge in [0.05, 0.1) is 47.1 Å². The smallest absolute Gasteiger partial charge is 0.165 e. The maximum absolute atomic E-state index is 6.66. The molecular weight excluding hydrogens is 451 g/mol. The largest absolute Gasteiger partial charge is 0.495 e. The van der Waals surface area contributed by atoms with Crippen LogP contribution in [-0.2, 0) is 4.74 Å². The first-order valence-electron chi connectivity index (χ1n) is 10.3. The summed E-state index contributed by atoms with van der Waals surface area (Å²) >= 11 is 13.3. The molecule has 0 saturated carbocycles. The van der Waals surface area contributed by atoms with Gasteiger partial charge in [-0.15, -0.1) is 0 Å². The predicted molar refractivity (Wildman–Crippen MR) is 127 cm³/mol. The molecule has 4 rings (SSSR count). The van der Waals surface area contributed by atoms with Crippen molar-refractivity contribution in [3.05, 3.63) is 34.1 Å². The maximum Gasteiger partial charge on any atom is 0.165 e. The molecule has 0 spiro atoms. The number of halogens is 2. The highest BCUT2D eigenvalue weighted by Crippen LogP contribution is 2.46. The Hall–Kier alpha value is -2.35. The molecule has 1 aliphatic rings. The van der Waals surface area contributed by atoms with Crippen molar-refractivity contribution in [1.29, 1.82) is 0 Å². The van der Waals surface area contributed by atoms with Crippen LogP contribution in [0.15, 0.2) is 18.3 Å². The molecule has 1 aliphatic heterocycles. The molecule has 0 aliphatic carbocycles. The number of aromatic nitrogens is 3. The molecule has 2 aromatic heterocycles. The highest BCUT2D eigenvalue weighted by molar-refractivity contribution is 6.41. The Morgan fingerprint density at radius 2 is 1.59 bits per heavy atom. The van der Waals surface area contributed by atoms with Gasteiger partial charge in [-0.1, -0.05) is 23.2 Å². The molecule has 1 saturated heterocycles. The van der Waals surface area contributed by atoms with E-state index in [-0.39, 0.29) is 5.60 Å². The minimum atomic E-state index is -0.133. The lowest BCUT2D eigenvalue weighted by Crippen LogP contribution is -2.44. The average molecular weight is 477 g/mol. The minimum Gasteiger partial charge on any atom is -0.495 e. The molecule has 0 unspecified atom stereocenters. The SMILES string of the molecule is COc1cc(OC)c(Cl)c(-c2nc(N3CCC(C)(OC)CC3)c3cc(C)ncc3n2)c1Cl. The molecule has 7 nitrogen and oxygen atoms in total. The van der Waals surface area contributed by atoms with Crippen molar-refractivity contribution in [3.63, 3.8) is 0 Å². The van der Waals surface area contributed by atoms with Crippen molar-refractivity contribution >= 4 is 39.9 Å². The van der Waals surface area contributed by atoms with Crippen LogP contribution in [-0.4, -0.2) is 55.0 Å². The summed E-state index contributed by atoms with van der Waals surface area (Å²) < 4.78 is 16.6. The van der Waals surface area contributed by atoms with Gasteiger partial charge in [-0.3, -0.25) is 4.98 Å². The van der Waals surface area contributed by atoms with Gasteiger partial charge < -0.3 is 19.1 Å². The maximum atomic E-state index is 6.66. The Morgan fingerprint density at radius 1 is 0.969 bits per heavy atom. The number of hydrogen-bond acceptors (Lipinski definition) is 7. The molecule has 0 N–H and O–H groups in total. The van der Waals surface area contributed by atoms with Crippen molar-refractivity contribution in [2.75, 3.05) is 39.3 Å². The van der Waals surface area contributed by atoms with E-state index in [4.69, 9.17) is 47.4 Å². The second-order valence-electron chi connectivity index (χ2n) is 8.14. The number of pyridine rings is 1. The Balaban J connectivity index is 1.91. The molecule has 170 valence electrons. The zero-order valence-electron chi connectivity index (χ0n) is 18.8. The van der Waals surface area contributed by atoms with E-state index in [1.54, 1.807) is 19.4 Å². The topological polar surface area (TPSA) is 69.6 Å². The second kappa shape index (κ2) is 8.89. The van der Waals surface area contributed by atoms with Crippen LogP contribution in [0.5, 0.6) is 11.5 Å². The van der Waals surface area contributed by atoms with E-state index in [1.165, 1.54) is 14.2 Å². The number of methoxy groups -OCH3 is 3. The van der Waals surface area contributed by atoms with Crippen molar-refractivity contribution < 1.29 is 14.2 Å². The molecule has 3 heterocycles. The molecule has 3 aromatic rings. The molecule has 32 heavy (non-hydrogen) atoms. The standard InChI is InChI=1S/C23H26Cl2N4O3/c1-13-10-14-15(12-26-13)27-21(18-19(24)16(30-3)11-17(31-4)20(18)25)28-22(14)29-8-6-23(2,32-5)7-9-29/h10-12H,6-9H2,1-5H3. The quantitative estimate of drug-likeness (QED) is 0.492. The summed E-state index contributed by atoms with van der Waals surface area (Å²) in [5, 5.41) is 1.59. The first kappa shape index (κ1) is 22.8. The Bertz CT molecular complexity index is 1140. The summed E-state index contributed by atoms with van der Waals surface area (Å²) in [5.41, 5.74) is 1.94. The first-order valence-corrected chi connectivity index (χ1v) is 11.1. The van der Waals surface area contributed by atoms with Crippen molar-refractivity contribution in [2.45, 2.75) is 32.3 Å². The van der Waals surface area contributed by atoms with Crippen molar-refractivity contribution in [3.8, 4) is 22.9 Å². The van der Waals surface area contributed by atoms with Crippen LogP contribution in [0.3, 0.4) is 0 Å². The van der Waals surface area contributed by atoms with E-state index in [0.29, 0.717) is 38.4 Å². The number of nitrogens with zero attached hydrogens (tertiary/aromatic N) is 4. The molecule has 9 heteroatoms. The lowest BCUT2D eigenvalue weighted by Gasteiger charge is -2.39. The summed E-state index contributed by atoms with van der Waals surface area (Å²) in [6.07, 6.45) is 3.54. The lowest BCUT2D eigenvalue weighted by molar-refractivity contribution is -0.0133. The molecule has 1 aromatic carbocycles. The Kier molecular flexibility index (Phi) is 6.34. The van der Waals surface area contributed by atoms with Crippen LogP contribution in [0, 0.1) is 6.92 Å². The molecule has 1 fully saturated rings. The zero-order chi connectivity index (χ0) is 23.0. The van der Waals surface area contributed by atoms with Gasteiger partial charge in [0.15, 0.2) is 5.82 Å². The summed E-state index contributed by atoms with van der Waals surface area (Å²) in [6, 6.07) is 3.66. The van der Waals surface area contributed by atoms with E-state index in [1.807, 2.05) is 13.0 Å². The number of piperidine rings is 1. The number of benzene rings is 1. The van der Waals surface area contributed by atoms with Gasteiger partial charge in [0, 0.05) is 37.3 Å². The monoisotopic (exact) mass is 476 g/mol. The number of rotatable bonds is 5. The second-order valence-corrected chi connectivity index (χ2v) is 8.89. The van der Waals surface area contributed by atoms with Crippen molar-refractivity contribution in [1.82, 2.24) is 15.0 Å². The highest BCUT2D eigenvalue weighted by atomic mass is 35.5. The third-order valence-corrected chi connectivity index (χ3v) is 6.86. The van der Waals surface area contributed by atoms with E-state index in [2.05, 4.69) is 16.8 Å². The summed E-state index contributed by atoms with van der Waals surface area (Å²) in [7, 11) is 4.85. The average Bonchev–Trinajstić information content (AvgIpc) is 2.79. The summed E-state index contributed by atoms with van der Waals surface area (Å²) in [4.78, 5) is 16.4. The van der Waals surface area contributed by atoms with Gasteiger partial charge in [-0.25, -0.2) is 9.97 Å². The molecular formula is C23H26Cl2N4O3. The molecule has 0 atom stereocenters. The summed E-state index contributed by atoms with van der Waals surface area (Å²) in [5.74, 6) is 2.08. The molecule has 0 radical (unpaired) electrons. The normalized spacial score (nSPS) is 15.8. The van der Waals surface area contributed by atoms with Crippen LogP contribution < -0.4 is 14.4 Å². The number of aryl methyl sites for hydroxylation is 1. The Morgan fingerprint density at radius 3 is 2.16 bits per heavy atom. The van der Waals surface area contributed by atoms with Gasteiger partial charge in [0.2, 0.25) is 0 Å². The first-order chi connectivity index (χ1) is 15.3. The number of hydrogen-bond donors (Lipinski definition) is 0. The van der Waals surface area contributed by atoms with E-state index in [0.717, 1.165) is 42.8 Å². The summed E-state index contributed by atoms with van der Waals surface area (Å²) in [6.45, 7) is 5.71. The molecule has 0 bridgehead atoms. The highest BCUT2D eigenvalue weighted by Gasteiger charge is 2.31. The van der Waals surface area contributed by atoms with Gasteiger partial charge in [-0.05, 0) is 32.8 Å². The number of anilines is 1. The van der Waals surface area contributed by atoms with Gasteiger partial charge in [-0.2, -0.15) is 0 Å².